The van der Waals surface area contributed by atoms with Gasteiger partial charge in [0.2, 0.25) is 17.7 Å². The second kappa shape index (κ2) is 13.3. The number of carboxylic acids is 1. The second-order valence-corrected chi connectivity index (χ2v) is 8.66. The Morgan fingerprint density at radius 3 is 1.89 bits per heavy atom. The molecule has 6 atom stereocenters. The third-order valence-corrected chi connectivity index (χ3v) is 5.83. The molecule has 6 unspecified atom stereocenters. The van der Waals surface area contributed by atoms with E-state index in [-0.39, 0.29) is 18.8 Å². The second-order valence-electron chi connectivity index (χ2n) is 8.66. The van der Waals surface area contributed by atoms with E-state index >= 15 is 0 Å². The fourth-order valence-corrected chi connectivity index (χ4v) is 3.34. The van der Waals surface area contributed by atoms with E-state index in [0.717, 1.165) is 0 Å². The van der Waals surface area contributed by atoms with E-state index in [1.54, 1.807) is 0 Å². The molecule has 0 fully saturated rings. The first-order chi connectivity index (χ1) is 17.0. The zero-order valence-corrected chi connectivity index (χ0v) is 20.4. The van der Waals surface area contributed by atoms with Crippen molar-refractivity contribution in [2.24, 2.45) is 11.7 Å². The van der Waals surface area contributed by atoms with E-state index in [4.69, 9.17) is 5.73 Å². The molecule has 0 saturated heterocycles. The van der Waals surface area contributed by atoms with Crippen LogP contribution in [0.15, 0.2) is 25.0 Å². The molecule has 2 aromatic rings. The fraction of sp³-hybridized carbons (Fsp3) is 0.545. The number of carboxylic acid groups (broad SMARTS) is 1. The molecule has 2 rings (SSSR count). The van der Waals surface area contributed by atoms with Crippen molar-refractivity contribution in [2.75, 3.05) is 0 Å². The molecule has 36 heavy (non-hydrogen) atoms. The SMILES string of the molecule is CCC(C)C(N)C(=O)NC(Cc1cnc[nH]1)C(=O)NC(C(=O)NC(Cc1cnc[nH]1)C(=O)O)C(C)O. The first-order valence-electron chi connectivity index (χ1n) is 11.6. The molecule has 0 bridgehead atoms. The normalized spacial score (nSPS) is 16.1. The maximum Gasteiger partial charge on any atom is 0.326 e. The third kappa shape index (κ3) is 8.16. The molecule has 0 spiro atoms. The summed E-state index contributed by atoms with van der Waals surface area (Å²) < 4.78 is 0. The van der Waals surface area contributed by atoms with Crippen LogP contribution in [0.25, 0.3) is 0 Å². The molecule has 2 heterocycles. The Kier molecular flexibility index (Phi) is 10.5. The van der Waals surface area contributed by atoms with E-state index in [9.17, 15) is 29.4 Å². The van der Waals surface area contributed by atoms with Gasteiger partial charge in [0.15, 0.2) is 0 Å². The van der Waals surface area contributed by atoms with E-state index in [2.05, 4.69) is 35.9 Å². The highest BCUT2D eigenvalue weighted by molar-refractivity contribution is 5.94. The summed E-state index contributed by atoms with van der Waals surface area (Å²) in [7, 11) is 0. The van der Waals surface area contributed by atoms with E-state index < -0.39 is 54.0 Å². The molecule has 0 radical (unpaired) electrons. The zero-order chi connectivity index (χ0) is 26.8. The summed E-state index contributed by atoms with van der Waals surface area (Å²) in [6, 6.07) is -4.85. The van der Waals surface area contributed by atoms with Crippen molar-refractivity contribution < 1.29 is 29.4 Å². The molecule has 3 amide bonds. The van der Waals surface area contributed by atoms with Crippen LogP contribution >= 0.6 is 0 Å². The minimum atomic E-state index is -1.49. The number of nitrogens with two attached hydrogens (primary N) is 1. The molecule has 14 nitrogen and oxygen atoms in total. The molecular formula is C22H34N8O6. The van der Waals surface area contributed by atoms with Crippen LogP contribution in [0.1, 0.15) is 38.6 Å². The third-order valence-electron chi connectivity index (χ3n) is 5.83. The highest BCUT2D eigenvalue weighted by Gasteiger charge is 2.33. The lowest BCUT2D eigenvalue weighted by atomic mass is 9.98. The summed E-state index contributed by atoms with van der Waals surface area (Å²) in [4.78, 5) is 63.6. The summed E-state index contributed by atoms with van der Waals surface area (Å²) in [5.74, 6) is -3.67. The van der Waals surface area contributed by atoms with Gasteiger partial charge >= 0.3 is 5.97 Å². The maximum atomic E-state index is 13.1. The molecule has 0 saturated carbocycles. The van der Waals surface area contributed by atoms with Crippen LogP contribution in [-0.4, -0.2) is 84.1 Å². The lowest BCUT2D eigenvalue weighted by molar-refractivity contribution is -0.143. The van der Waals surface area contributed by atoms with Gasteiger partial charge in [-0.15, -0.1) is 0 Å². The number of aromatic nitrogens is 4. The number of hydrogen-bond donors (Lipinski definition) is 8. The van der Waals surface area contributed by atoms with Gasteiger partial charge in [0.05, 0.1) is 24.8 Å². The number of nitrogens with one attached hydrogen (secondary N) is 5. The summed E-state index contributed by atoms with van der Waals surface area (Å²) >= 11 is 0. The molecule has 198 valence electrons. The van der Waals surface area contributed by atoms with Crippen LogP contribution in [0.5, 0.6) is 0 Å². The van der Waals surface area contributed by atoms with E-state index in [0.29, 0.717) is 17.8 Å². The number of nitrogens with zero attached hydrogens (tertiary/aromatic N) is 2. The van der Waals surface area contributed by atoms with Gasteiger partial charge in [0.25, 0.3) is 0 Å². The van der Waals surface area contributed by atoms with Gasteiger partial charge < -0.3 is 41.9 Å². The van der Waals surface area contributed by atoms with Crippen molar-refractivity contribution in [3.8, 4) is 0 Å². The highest BCUT2D eigenvalue weighted by atomic mass is 16.4. The lowest BCUT2D eigenvalue weighted by Crippen LogP contribution is -2.60. The summed E-state index contributed by atoms with van der Waals surface area (Å²) in [6.45, 7) is 4.97. The Bertz CT molecular complexity index is 994. The van der Waals surface area contributed by atoms with Gasteiger partial charge in [-0.25, -0.2) is 14.8 Å². The Morgan fingerprint density at radius 1 is 0.917 bits per heavy atom. The van der Waals surface area contributed by atoms with E-state index in [1.165, 1.54) is 32.0 Å². The summed E-state index contributed by atoms with van der Waals surface area (Å²) in [5, 5.41) is 27.0. The van der Waals surface area contributed by atoms with Crippen molar-refractivity contribution >= 4 is 23.7 Å². The van der Waals surface area contributed by atoms with Crippen LogP contribution < -0.4 is 21.7 Å². The minimum Gasteiger partial charge on any atom is -0.480 e. The average molecular weight is 507 g/mol. The van der Waals surface area contributed by atoms with Gasteiger partial charge in [-0.1, -0.05) is 20.3 Å². The Labute approximate surface area is 207 Å². The van der Waals surface area contributed by atoms with Crippen LogP contribution in [0.2, 0.25) is 0 Å². The number of H-pyrrole nitrogens is 2. The fourth-order valence-electron chi connectivity index (χ4n) is 3.34. The highest BCUT2D eigenvalue weighted by Crippen LogP contribution is 2.08. The molecule has 0 aromatic carbocycles. The van der Waals surface area contributed by atoms with Gasteiger partial charge in [-0.3, -0.25) is 14.4 Å². The number of carbonyl (C=O) groups is 4. The number of hydrogen-bond acceptors (Lipinski definition) is 8. The van der Waals surface area contributed by atoms with Gasteiger partial charge in [0.1, 0.15) is 18.1 Å². The Morgan fingerprint density at radius 2 is 1.44 bits per heavy atom. The molecule has 9 N–H and O–H groups in total. The number of aliphatic carboxylic acids is 1. The van der Waals surface area contributed by atoms with Crippen molar-refractivity contribution in [3.05, 3.63) is 36.4 Å². The van der Waals surface area contributed by atoms with Crippen LogP contribution in [0.3, 0.4) is 0 Å². The topological polar surface area (TPSA) is 228 Å². The predicted molar refractivity (Wildman–Crippen MR) is 127 cm³/mol. The number of aliphatic hydroxyl groups excluding tert-OH is 1. The van der Waals surface area contributed by atoms with Gasteiger partial charge in [-0.05, 0) is 12.8 Å². The molecular weight excluding hydrogens is 472 g/mol. The van der Waals surface area contributed by atoms with Crippen LogP contribution in [0, 0.1) is 5.92 Å². The number of amides is 3. The Balaban J connectivity index is 2.16. The average Bonchev–Trinajstić information content (AvgIpc) is 3.54. The quantitative estimate of drug-likeness (QED) is 0.144. The number of carbonyl (C=O) groups excluding carboxylic acids is 3. The van der Waals surface area contributed by atoms with E-state index in [1.807, 2.05) is 13.8 Å². The monoisotopic (exact) mass is 506 g/mol. The van der Waals surface area contributed by atoms with Crippen molar-refractivity contribution in [2.45, 2.75) is 70.3 Å². The number of rotatable bonds is 14. The van der Waals surface area contributed by atoms with Gasteiger partial charge in [0, 0.05) is 36.6 Å². The number of imidazole rings is 2. The zero-order valence-electron chi connectivity index (χ0n) is 20.4. The molecule has 14 heteroatoms. The van der Waals surface area contributed by atoms with Crippen molar-refractivity contribution in [1.82, 2.24) is 35.9 Å². The van der Waals surface area contributed by atoms with Crippen molar-refractivity contribution in [1.29, 1.82) is 0 Å². The number of aromatic amines is 2. The molecule has 0 aliphatic heterocycles. The summed E-state index contributed by atoms with van der Waals surface area (Å²) in [5.41, 5.74) is 7.01. The predicted octanol–water partition coefficient (Wildman–Crippen LogP) is -1.79. The lowest BCUT2D eigenvalue weighted by Gasteiger charge is -2.27. The minimum absolute atomic E-state index is 0.0104. The maximum absolute atomic E-state index is 13.1. The van der Waals surface area contributed by atoms with Crippen LogP contribution in [0.4, 0.5) is 0 Å². The van der Waals surface area contributed by atoms with Crippen LogP contribution in [-0.2, 0) is 32.0 Å². The first kappa shape index (κ1) is 28.5. The summed E-state index contributed by atoms with van der Waals surface area (Å²) in [6.07, 6.45) is 4.88. The standard InChI is InChI=1S/C22H34N8O6/c1-4-11(2)17(23)20(33)28-15(5-13-7-24-9-26-13)19(32)30-18(12(3)31)21(34)29-16(22(35)36)6-14-8-25-10-27-14/h7-12,15-18,31H,4-6,23H2,1-3H3,(H,24,26)(H,25,27)(H,28,33)(H,29,34)(H,30,32)(H,35,36). The molecule has 0 aliphatic carbocycles. The number of aliphatic hydroxyl groups is 1. The Hall–Kier alpha value is -3.78. The molecule has 2 aromatic heterocycles. The first-order valence-corrected chi connectivity index (χ1v) is 11.6. The molecule has 0 aliphatic rings. The van der Waals surface area contributed by atoms with Gasteiger partial charge in [-0.2, -0.15) is 0 Å². The smallest absolute Gasteiger partial charge is 0.326 e. The van der Waals surface area contributed by atoms with Crippen molar-refractivity contribution in [3.63, 3.8) is 0 Å². The largest absolute Gasteiger partial charge is 0.480 e.